The Hall–Kier alpha value is -2.81. The van der Waals surface area contributed by atoms with E-state index in [0.717, 1.165) is 12.1 Å². The Morgan fingerprint density at radius 2 is 1.71 bits per heavy atom. The first-order valence-electron chi connectivity index (χ1n) is 7.82. The Morgan fingerprint density at radius 1 is 1.06 bits per heavy atom. The van der Waals surface area contributed by atoms with Crippen LogP contribution in [0.1, 0.15) is 5.56 Å². The predicted molar refractivity (Wildman–Crippen MR) is 97.1 cm³/mol. The second-order valence-corrected chi connectivity index (χ2v) is 8.92. The van der Waals surface area contributed by atoms with Gasteiger partial charge in [-0.25, -0.2) is 8.42 Å². The van der Waals surface area contributed by atoms with Gasteiger partial charge in [-0.1, -0.05) is 6.07 Å². The number of carbonyl (C=O) groups excluding carboxylic acids is 1. The number of nitro benzene ring substituents is 1. The lowest BCUT2D eigenvalue weighted by Gasteiger charge is -2.11. The van der Waals surface area contributed by atoms with E-state index in [4.69, 9.17) is 0 Å². The molecule has 0 aliphatic carbocycles. The molecule has 7 nitrogen and oxygen atoms in total. The summed E-state index contributed by atoms with van der Waals surface area (Å²) >= 11 is -0.476. The van der Waals surface area contributed by atoms with Gasteiger partial charge in [-0.3, -0.25) is 14.9 Å². The van der Waals surface area contributed by atoms with Gasteiger partial charge in [0.2, 0.25) is 5.91 Å². The standard InChI is InChI=1S/C16H10F6N2O5S2/c17-15(18,19)9-4-5-13(12(6-9)24(26)27)31(28,29)8-14(25)23-10-2-1-3-11(7-10)30-16(20,21)22/h1-7H,8H2,(H,23,25). The van der Waals surface area contributed by atoms with E-state index in [1.54, 1.807) is 0 Å². The Bertz CT molecular complexity index is 1120. The summed E-state index contributed by atoms with van der Waals surface area (Å²) in [5.74, 6) is -2.65. The molecule has 0 saturated heterocycles. The first kappa shape index (κ1) is 24.5. The number of rotatable bonds is 6. The van der Waals surface area contributed by atoms with Gasteiger partial charge in [-0.15, -0.1) is 0 Å². The number of nitrogens with zero attached hydrogens (tertiary/aromatic N) is 1. The number of halogens is 6. The fourth-order valence-corrected chi connectivity index (χ4v) is 4.22. The fourth-order valence-electron chi connectivity index (χ4n) is 2.32. The second kappa shape index (κ2) is 8.74. The normalized spacial score (nSPS) is 12.5. The smallest absolute Gasteiger partial charge is 0.325 e. The number of alkyl halides is 6. The molecule has 0 atom stereocenters. The number of hydrogen-bond donors (Lipinski definition) is 1. The largest absolute Gasteiger partial charge is 0.446 e. The van der Waals surface area contributed by atoms with Crippen LogP contribution in [-0.4, -0.2) is 30.5 Å². The van der Waals surface area contributed by atoms with Gasteiger partial charge in [0.1, 0.15) is 10.6 Å². The van der Waals surface area contributed by atoms with Gasteiger partial charge in [-0.05, 0) is 42.1 Å². The number of nitrogens with one attached hydrogen (secondary N) is 1. The fraction of sp³-hybridized carbons (Fsp3) is 0.188. The molecule has 2 aromatic carbocycles. The molecule has 0 spiro atoms. The van der Waals surface area contributed by atoms with Crippen LogP contribution in [0.3, 0.4) is 0 Å². The second-order valence-electron chi connectivity index (χ2n) is 5.82. The number of nitro groups is 1. The van der Waals surface area contributed by atoms with Crippen LogP contribution < -0.4 is 5.32 Å². The predicted octanol–water partition coefficient (Wildman–Crippen LogP) is 4.64. The summed E-state index contributed by atoms with van der Waals surface area (Å²) in [5.41, 5.74) is -7.61. The van der Waals surface area contributed by atoms with Crippen LogP contribution in [0.4, 0.5) is 37.7 Å². The van der Waals surface area contributed by atoms with Crippen molar-refractivity contribution in [2.45, 2.75) is 21.5 Å². The molecule has 0 bridgehead atoms. The van der Waals surface area contributed by atoms with Gasteiger partial charge in [0.25, 0.3) is 5.69 Å². The molecule has 0 aliphatic rings. The van der Waals surface area contributed by atoms with Crippen LogP contribution in [-0.2, 0) is 20.8 Å². The van der Waals surface area contributed by atoms with Crippen LogP contribution in [0, 0.1) is 10.1 Å². The third-order valence-corrected chi connectivity index (χ3v) is 5.87. The molecular formula is C16H10F6N2O5S2. The SMILES string of the molecule is O=C(CS(=O)(=O)c1ccc(C(F)(F)F)cc1[N+](=O)[O-])Nc1cccc(SC(F)(F)F)c1. The molecule has 31 heavy (non-hydrogen) atoms. The molecule has 0 unspecified atom stereocenters. The van der Waals surface area contributed by atoms with E-state index in [0.29, 0.717) is 12.1 Å². The quantitative estimate of drug-likeness (QED) is 0.275. The minimum atomic E-state index is -4.97. The lowest BCUT2D eigenvalue weighted by Crippen LogP contribution is -2.23. The maximum Gasteiger partial charge on any atom is 0.446 e. The van der Waals surface area contributed by atoms with E-state index in [1.807, 2.05) is 5.32 Å². The zero-order chi connectivity index (χ0) is 23.6. The van der Waals surface area contributed by atoms with Crippen molar-refractivity contribution < 1.29 is 44.5 Å². The highest BCUT2D eigenvalue weighted by Gasteiger charge is 2.36. The zero-order valence-corrected chi connectivity index (χ0v) is 16.5. The van der Waals surface area contributed by atoms with Gasteiger partial charge in [0.05, 0.1) is 10.5 Å². The minimum Gasteiger partial charge on any atom is -0.325 e. The summed E-state index contributed by atoms with van der Waals surface area (Å²) in [6.45, 7) is 0. The van der Waals surface area contributed by atoms with E-state index >= 15 is 0 Å². The van der Waals surface area contributed by atoms with Crippen molar-refractivity contribution in [1.82, 2.24) is 0 Å². The summed E-state index contributed by atoms with van der Waals surface area (Å²) in [4.78, 5) is 20.3. The van der Waals surface area contributed by atoms with Crippen molar-refractivity contribution in [2.24, 2.45) is 0 Å². The van der Waals surface area contributed by atoms with E-state index < -0.39 is 66.0 Å². The van der Waals surface area contributed by atoms with Crippen LogP contribution in [0.5, 0.6) is 0 Å². The van der Waals surface area contributed by atoms with Gasteiger partial charge in [-0.2, -0.15) is 26.3 Å². The first-order valence-corrected chi connectivity index (χ1v) is 10.3. The van der Waals surface area contributed by atoms with E-state index in [2.05, 4.69) is 0 Å². The Kier molecular flexibility index (Phi) is 6.90. The van der Waals surface area contributed by atoms with Crippen molar-refractivity contribution in [3.63, 3.8) is 0 Å². The lowest BCUT2D eigenvalue weighted by atomic mass is 10.2. The Balaban J connectivity index is 2.26. The molecular weight excluding hydrogens is 478 g/mol. The van der Waals surface area contributed by atoms with E-state index in [1.165, 1.54) is 12.1 Å². The molecule has 0 fully saturated rings. The Morgan fingerprint density at radius 3 is 2.26 bits per heavy atom. The third kappa shape index (κ3) is 6.85. The molecule has 2 aromatic rings. The van der Waals surface area contributed by atoms with E-state index in [9.17, 15) is 49.7 Å². The summed E-state index contributed by atoms with van der Waals surface area (Å²) in [7, 11) is -4.76. The van der Waals surface area contributed by atoms with Crippen LogP contribution in [0.25, 0.3) is 0 Å². The molecule has 0 aromatic heterocycles. The minimum absolute atomic E-state index is 0.0304. The summed E-state index contributed by atoms with van der Waals surface area (Å²) in [6, 6.07) is 5.06. The van der Waals surface area contributed by atoms with Gasteiger partial charge in [0.15, 0.2) is 9.84 Å². The molecule has 2 rings (SSSR count). The molecule has 0 radical (unpaired) electrons. The highest BCUT2D eigenvalue weighted by Crippen LogP contribution is 2.38. The number of carbonyl (C=O) groups is 1. The van der Waals surface area contributed by atoms with Crippen molar-refractivity contribution in [1.29, 1.82) is 0 Å². The average molecular weight is 488 g/mol. The number of anilines is 1. The maximum atomic E-state index is 12.7. The van der Waals surface area contributed by atoms with Crippen molar-refractivity contribution >= 4 is 38.9 Å². The monoisotopic (exact) mass is 488 g/mol. The van der Waals surface area contributed by atoms with Crippen LogP contribution in [0.2, 0.25) is 0 Å². The molecule has 1 N–H and O–H groups in total. The highest BCUT2D eigenvalue weighted by molar-refractivity contribution is 8.00. The van der Waals surface area contributed by atoms with Gasteiger partial charge in [0, 0.05) is 16.6 Å². The Labute approximate surface area is 174 Å². The van der Waals surface area contributed by atoms with Crippen molar-refractivity contribution in [2.75, 3.05) is 11.1 Å². The first-order chi connectivity index (χ1) is 14.1. The number of amides is 1. The summed E-state index contributed by atoms with van der Waals surface area (Å²) < 4.78 is 100. The molecule has 0 heterocycles. The molecule has 1 amide bonds. The van der Waals surface area contributed by atoms with Crippen molar-refractivity contribution in [3.8, 4) is 0 Å². The topological polar surface area (TPSA) is 106 Å². The molecule has 15 heteroatoms. The molecule has 0 saturated carbocycles. The highest BCUT2D eigenvalue weighted by atomic mass is 32.2. The number of hydrogen-bond acceptors (Lipinski definition) is 6. The number of thioether (sulfide) groups is 1. The molecule has 168 valence electrons. The average Bonchev–Trinajstić information content (AvgIpc) is 2.58. The third-order valence-electron chi connectivity index (χ3n) is 3.49. The molecule has 0 aliphatic heterocycles. The van der Waals surface area contributed by atoms with E-state index in [-0.39, 0.29) is 16.6 Å². The number of benzene rings is 2. The van der Waals surface area contributed by atoms with Crippen LogP contribution >= 0.6 is 11.8 Å². The number of sulfone groups is 1. The summed E-state index contributed by atoms with van der Waals surface area (Å²) in [6.07, 6.45) is -4.97. The zero-order valence-electron chi connectivity index (χ0n) is 14.8. The lowest BCUT2D eigenvalue weighted by molar-refractivity contribution is -0.388. The maximum absolute atomic E-state index is 12.7. The summed E-state index contributed by atoms with van der Waals surface area (Å²) in [5, 5.41) is 13.1. The van der Waals surface area contributed by atoms with Crippen LogP contribution in [0.15, 0.2) is 52.3 Å². The van der Waals surface area contributed by atoms with Gasteiger partial charge >= 0.3 is 11.7 Å². The van der Waals surface area contributed by atoms with Crippen molar-refractivity contribution in [3.05, 3.63) is 58.1 Å². The van der Waals surface area contributed by atoms with Gasteiger partial charge < -0.3 is 5.32 Å².